The smallest absolute Gasteiger partial charge is 0.123 e. The summed E-state index contributed by atoms with van der Waals surface area (Å²) in [5.41, 5.74) is 1.30. The topological polar surface area (TPSA) is 35.8 Å². The molecule has 1 N–H and O–H groups in total. The fourth-order valence-electron chi connectivity index (χ4n) is 1.36. The molecule has 72 valence electrons. The third-order valence-corrected chi connectivity index (χ3v) is 2.35. The largest absolute Gasteiger partial charge is 0.310 e. The summed E-state index contributed by atoms with van der Waals surface area (Å²) in [7, 11) is 0. The van der Waals surface area contributed by atoms with Gasteiger partial charge in [0.15, 0.2) is 0 Å². The van der Waals surface area contributed by atoms with E-state index in [-0.39, 0.29) is 5.82 Å². The van der Waals surface area contributed by atoms with Crippen LogP contribution in [0.2, 0.25) is 0 Å². The molecule has 1 aromatic rings. The summed E-state index contributed by atoms with van der Waals surface area (Å²) < 4.78 is 12.9. The van der Waals surface area contributed by atoms with Crippen LogP contribution < -0.4 is 5.32 Å². The molecule has 0 radical (unpaired) electrons. The van der Waals surface area contributed by atoms with Crippen LogP contribution >= 0.6 is 0 Å². The SMILES string of the molecule is N#Cc1ccc(F)cc1CNC1CC1. The molecule has 0 heterocycles. The third kappa shape index (κ3) is 2.09. The highest BCUT2D eigenvalue weighted by atomic mass is 19.1. The molecule has 1 saturated carbocycles. The van der Waals surface area contributed by atoms with Gasteiger partial charge in [0.05, 0.1) is 11.6 Å². The van der Waals surface area contributed by atoms with Crippen molar-refractivity contribution in [3.05, 3.63) is 35.1 Å². The first-order valence-corrected chi connectivity index (χ1v) is 4.71. The lowest BCUT2D eigenvalue weighted by molar-refractivity contribution is 0.619. The highest BCUT2D eigenvalue weighted by molar-refractivity contribution is 5.37. The lowest BCUT2D eigenvalue weighted by Gasteiger charge is -2.04. The van der Waals surface area contributed by atoms with Gasteiger partial charge in [0.25, 0.3) is 0 Å². The molecule has 0 amide bonds. The molecule has 0 atom stereocenters. The van der Waals surface area contributed by atoms with Gasteiger partial charge in [-0.25, -0.2) is 4.39 Å². The number of hydrogen-bond acceptors (Lipinski definition) is 2. The molecular weight excluding hydrogens is 179 g/mol. The molecule has 1 fully saturated rings. The fourth-order valence-corrected chi connectivity index (χ4v) is 1.36. The molecule has 2 nitrogen and oxygen atoms in total. The van der Waals surface area contributed by atoms with Crippen molar-refractivity contribution in [2.45, 2.75) is 25.4 Å². The van der Waals surface area contributed by atoms with Crippen LogP contribution in [0.4, 0.5) is 4.39 Å². The minimum atomic E-state index is -0.281. The van der Waals surface area contributed by atoms with Gasteiger partial charge in [0, 0.05) is 12.6 Å². The van der Waals surface area contributed by atoms with E-state index in [4.69, 9.17) is 5.26 Å². The fraction of sp³-hybridized carbons (Fsp3) is 0.364. The van der Waals surface area contributed by atoms with E-state index in [9.17, 15) is 4.39 Å². The Labute approximate surface area is 82.4 Å². The van der Waals surface area contributed by atoms with Crippen molar-refractivity contribution in [2.24, 2.45) is 0 Å². The Morgan fingerprint density at radius 3 is 2.93 bits per heavy atom. The van der Waals surface area contributed by atoms with E-state index < -0.39 is 0 Å². The molecule has 14 heavy (non-hydrogen) atoms. The van der Waals surface area contributed by atoms with Gasteiger partial charge in [0.2, 0.25) is 0 Å². The number of nitrogens with zero attached hydrogens (tertiary/aromatic N) is 1. The molecule has 0 saturated heterocycles. The highest BCUT2D eigenvalue weighted by Gasteiger charge is 2.20. The van der Waals surface area contributed by atoms with E-state index in [1.54, 1.807) is 0 Å². The second-order valence-corrected chi connectivity index (χ2v) is 3.57. The molecule has 1 aromatic carbocycles. The minimum Gasteiger partial charge on any atom is -0.310 e. The summed E-state index contributed by atoms with van der Waals surface area (Å²) in [4.78, 5) is 0. The van der Waals surface area contributed by atoms with E-state index in [0.29, 0.717) is 18.2 Å². The second kappa shape index (κ2) is 3.77. The zero-order valence-corrected chi connectivity index (χ0v) is 7.76. The molecule has 2 rings (SSSR count). The average molecular weight is 190 g/mol. The summed E-state index contributed by atoms with van der Waals surface area (Å²) in [6.45, 7) is 0.589. The van der Waals surface area contributed by atoms with Crippen molar-refractivity contribution < 1.29 is 4.39 Å². The van der Waals surface area contributed by atoms with E-state index in [0.717, 1.165) is 5.56 Å². The van der Waals surface area contributed by atoms with Crippen molar-refractivity contribution in [1.29, 1.82) is 5.26 Å². The first kappa shape index (κ1) is 9.17. The Balaban J connectivity index is 2.12. The monoisotopic (exact) mass is 190 g/mol. The lowest BCUT2D eigenvalue weighted by atomic mass is 10.1. The van der Waals surface area contributed by atoms with Crippen molar-refractivity contribution in [3.63, 3.8) is 0 Å². The van der Waals surface area contributed by atoms with E-state index in [2.05, 4.69) is 11.4 Å². The summed E-state index contributed by atoms with van der Waals surface area (Å²) >= 11 is 0. The third-order valence-electron chi connectivity index (χ3n) is 2.35. The van der Waals surface area contributed by atoms with Gasteiger partial charge in [-0.1, -0.05) is 0 Å². The normalized spacial score (nSPS) is 15.1. The molecule has 1 aliphatic carbocycles. The van der Waals surface area contributed by atoms with Crippen molar-refractivity contribution in [2.75, 3.05) is 0 Å². The molecule has 0 bridgehead atoms. The predicted molar refractivity (Wildman–Crippen MR) is 51.0 cm³/mol. The number of rotatable bonds is 3. The van der Waals surface area contributed by atoms with Gasteiger partial charge in [0.1, 0.15) is 5.82 Å². The molecule has 3 heteroatoms. The summed E-state index contributed by atoms with van der Waals surface area (Å²) in [5.74, 6) is -0.281. The molecule has 1 aliphatic rings. The van der Waals surface area contributed by atoms with Gasteiger partial charge in [-0.3, -0.25) is 0 Å². The Hall–Kier alpha value is -1.40. The van der Waals surface area contributed by atoms with Crippen molar-refractivity contribution in [3.8, 4) is 6.07 Å². The minimum absolute atomic E-state index is 0.281. The molecule has 0 unspecified atom stereocenters. The van der Waals surface area contributed by atoms with Gasteiger partial charge in [-0.15, -0.1) is 0 Å². The van der Waals surface area contributed by atoms with Crippen LogP contribution in [0.5, 0.6) is 0 Å². The van der Waals surface area contributed by atoms with Crippen LogP contribution in [0.15, 0.2) is 18.2 Å². The van der Waals surface area contributed by atoms with Gasteiger partial charge in [-0.05, 0) is 36.6 Å². The Kier molecular flexibility index (Phi) is 2.47. The lowest BCUT2D eigenvalue weighted by Crippen LogP contribution is -2.16. The van der Waals surface area contributed by atoms with Gasteiger partial charge >= 0.3 is 0 Å². The highest BCUT2D eigenvalue weighted by Crippen LogP contribution is 2.20. The molecule has 0 aromatic heterocycles. The van der Waals surface area contributed by atoms with Crippen LogP contribution in [0.1, 0.15) is 24.0 Å². The Morgan fingerprint density at radius 1 is 1.50 bits per heavy atom. The van der Waals surface area contributed by atoms with E-state index >= 15 is 0 Å². The number of benzene rings is 1. The average Bonchev–Trinajstić information content (AvgIpc) is 2.98. The first-order valence-electron chi connectivity index (χ1n) is 4.71. The Bertz CT molecular complexity index is 377. The van der Waals surface area contributed by atoms with Crippen molar-refractivity contribution in [1.82, 2.24) is 5.32 Å². The van der Waals surface area contributed by atoms with Crippen molar-refractivity contribution >= 4 is 0 Å². The van der Waals surface area contributed by atoms with Crippen LogP contribution in [0.3, 0.4) is 0 Å². The number of halogens is 1. The molecule has 0 aliphatic heterocycles. The van der Waals surface area contributed by atoms with Gasteiger partial charge in [-0.2, -0.15) is 5.26 Å². The standard InChI is InChI=1S/C11H11FN2/c12-10-2-1-8(6-13)9(5-10)7-14-11-3-4-11/h1-2,5,11,14H,3-4,7H2. The van der Waals surface area contributed by atoms with E-state index in [1.807, 2.05) is 0 Å². The summed E-state index contributed by atoms with van der Waals surface area (Å²) in [6, 6.07) is 6.90. The predicted octanol–water partition coefficient (Wildman–Crippen LogP) is 1.95. The first-order chi connectivity index (χ1) is 6.79. The summed E-state index contributed by atoms with van der Waals surface area (Å²) in [6.07, 6.45) is 2.38. The van der Waals surface area contributed by atoms with E-state index in [1.165, 1.54) is 31.0 Å². The van der Waals surface area contributed by atoms with Crippen LogP contribution in [0.25, 0.3) is 0 Å². The quantitative estimate of drug-likeness (QED) is 0.790. The number of nitrogens with one attached hydrogen (secondary N) is 1. The zero-order chi connectivity index (χ0) is 9.97. The maximum absolute atomic E-state index is 12.9. The van der Waals surface area contributed by atoms with Crippen LogP contribution in [-0.2, 0) is 6.54 Å². The molecular formula is C11H11FN2. The maximum Gasteiger partial charge on any atom is 0.123 e. The summed E-state index contributed by atoms with van der Waals surface area (Å²) in [5, 5.41) is 12.0. The zero-order valence-electron chi connectivity index (χ0n) is 7.76. The molecule has 0 spiro atoms. The number of hydrogen-bond donors (Lipinski definition) is 1. The van der Waals surface area contributed by atoms with Gasteiger partial charge < -0.3 is 5.32 Å². The second-order valence-electron chi connectivity index (χ2n) is 3.57. The van der Waals surface area contributed by atoms with Crippen LogP contribution in [0, 0.1) is 17.1 Å². The van der Waals surface area contributed by atoms with Crippen LogP contribution in [-0.4, -0.2) is 6.04 Å². The number of nitriles is 1. The maximum atomic E-state index is 12.9. The Morgan fingerprint density at radius 2 is 2.29 bits per heavy atom.